The smallest absolute Gasteiger partial charge is 0.335 e. The second-order valence-electron chi connectivity index (χ2n) is 8.71. The number of amides is 1. The predicted molar refractivity (Wildman–Crippen MR) is 126 cm³/mol. The minimum Gasteiger partial charge on any atom is -0.478 e. The highest BCUT2D eigenvalue weighted by molar-refractivity contribution is 5.89. The normalized spacial score (nSPS) is 13.2. The molecule has 34 heavy (non-hydrogen) atoms. The number of hydrogen-bond donors (Lipinski definition) is 1. The third kappa shape index (κ3) is 4.05. The van der Waals surface area contributed by atoms with Crippen LogP contribution in [0.25, 0.3) is 11.0 Å². The molecule has 2 aromatic carbocycles. The Balaban J connectivity index is 1.43. The number of halogens is 1. The lowest BCUT2D eigenvalue weighted by Gasteiger charge is -2.29. The minimum absolute atomic E-state index is 0.0105. The van der Waals surface area contributed by atoms with Gasteiger partial charge in [0.25, 0.3) is 0 Å². The number of benzene rings is 2. The fourth-order valence-electron chi connectivity index (χ4n) is 4.82. The standard InChI is InChI=1S/C27H24FN3O3/c1-17-12-18(7-8-21(17)27(33)34)14-25(32)30-11-9-22-23-6-3-10-29-26(23)31(24(22)16-30)15-19-4-2-5-20(28)13-19/h2-8,10,12-13H,9,11,14-16H2,1H3,(H,33,34). The van der Waals surface area contributed by atoms with E-state index in [1.807, 2.05) is 23.1 Å². The number of aromatic carboxylic acids is 1. The van der Waals surface area contributed by atoms with Crippen LogP contribution >= 0.6 is 0 Å². The number of carbonyl (C=O) groups is 2. The molecule has 1 N–H and O–H groups in total. The summed E-state index contributed by atoms with van der Waals surface area (Å²) in [5.74, 6) is -1.26. The van der Waals surface area contributed by atoms with Crippen LogP contribution in [0.15, 0.2) is 60.8 Å². The molecule has 0 radical (unpaired) electrons. The van der Waals surface area contributed by atoms with Gasteiger partial charge in [0, 0.05) is 30.4 Å². The SMILES string of the molecule is Cc1cc(CC(=O)N2CCc3c(n(Cc4cccc(F)c4)c4ncccc34)C2)ccc1C(=O)O. The number of pyridine rings is 1. The van der Waals surface area contributed by atoms with Crippen molar-refractivity contribution in [3.8, 4) is 0 Å². The Labute approximate surface area is 196 Å². The average Bonchev–Trinajstić information content (AvgIpc) is 3.12. The van der Waals surface area contributed by atoms with E-state index in [4.69, 9.17) is 0 Å². The third-order valence-corrected chi connectivity index (χ3v) is 6.47. The van der Waals surface area contributed by atoms with E-state index in [1.165, 1.54) is 17.7 Å². The molecule has 0 aliphatic carbocycles. The van der Waals surface area contributed by atoms with Crippen molar-refractivity contribution >= 4 is 22.9 Å². The van der Waals surface area contributed by atoms with Gasteiger partial charge in [-0.2, -0.15) is 0 Å². The van der Waals surface area contributed by atoms with E-state index in [9.17, 15) is 19.1 Å². The van der Waals surface area contributed by atoms with Gasteiger partial charge in [-0.3, -0.25) is 4.79 Å². The molecular weight excluding hydrogens is 433 g/mol. The third-order valence-electron chi connectivity index (χ3n) is 6.47. The number of aromatic nitrogens is 2. The molecule has 0 unspecified atom stereocenters. The first kappa shape index (κ1) is 21.8. The molecule has 5 rings (SSSR count). The molecule has 2 aromatic heterocycles. The van der Waals surface area contributed by atoms with Gasteiger partial charge in [-0.05, 0) is 65.9 Å². The van der Waals surface area contributed by atoms with Crippen molar-refractivity contribution in [1.29, 1.82) is 0 Å². The van der Waals surface area contributed by atoms with Gasteiger partial charge < -0.3 is 14.6 Å². The number of nitrogens with zero attached hydrogens (tertiary/aromatic N) is 3. The second-order valence-corrected chi connectivity index (χ2v) is 8.71. The topological polar surface area (TPSA) is 75.4 Å². The Kier molecular flexibility index (Phi) is 5.61. The van der Waals surface area contributed by atoms with Crippen molar-refractivity contribution < 1.29 is 19.1 Å². The van der Waals surface area contributed by atoms with Crippen LogP contribution in [0.4, 0.5) is 4.39 Å². The molecule has 1 amide bonds. The first-order valence-corrected chi connectivity index (χ1v) is 11.2. The zero-order valence-corrected chi connectivity index (χ0v) is 18.8. The van der Waals surface area contributed by atoms with Crippen LogP contribution in [-0.4, -0.2) is 38.0 Å². The van der Waals surface area contributed by atoms with Crippen LogP contribution in [0.1, 0.15) is 38.3 Å². The summed E-state index contributed by atoms with van der Waals surface area (Å²) < 4.78 is 15.9. The predicted octanol–water partition coefficient (Wildman–Crippen LogP) is 4.36. The average molecular weight is 458 g/mol. The number of hydrogen-bond acceptors (Lipinski definition) is 3. The van der Waals surface area contributed by atoms with E-state index in [1.54, 1.807) is 37.4 Å². The summed E-state index contributed by atoms with van der Waals surface area (Å²) in [6.45, 7) is 3.26. The van der Waals surface area contributed by atoms with E-state index in [0.717, 1.165) is 34.3 Å². The molecule has 1 aliphatic heterocycles. The number of carboxylic acids is 1. The van der Waals surface area contributed by atoms with Gasteiger partial charge in [0.2, 0.25) is 5.91 Å². The van der Waals surface area contributed by atoms with Gasteiger partial charge in [-0.25, -0.2) is 14.2 Å². The Morgan fingerprint density at radius 2 is 1.94 bits per heavy atom. The fourth-order valence-corrected chi connectivity index (χ4v) is 4.82. The van der Waals surface area contributed by atoms with Gasteiger partial charge in [0.1, 0.15) is 11.5 Å². The van der Waals surface area contributed by atoms with Crippen LogP contribution in [0.3, 0.4) is 0 Å². The molecule has 3 heterocycles. The van der Waals surface area contributed by atoms with Gasteiger partial charge >= 0.3 is 5.97 Å². The van der Waals surface area contributed by atoms with Gasteiger partial charge in [0.05, 0.1) is 18.5 Å². The summed E-state index contributed by atoms with van der Waals surface area (Å²) in [5.41, 5.74) is 5.56. The highest BCUT2D eigenvalue weighted by Crippen LogP contribution is 2.31. The molecule has 1 aliphatic rings. The monoisotopic (exact) mass is 457 g/mol. The Morgan fingerprint density at radius 3 is 2.71 bits per heavy atom. The van der Waals surface area contributed by atoms with Gasteiger partial charge in [-0.15, -0.1) is 0 Å². The van der Waals surface area contributed by atoms with E-state index in [0.29, 0.717) is 25.2 Å². The van der Waals surface area contributed by atoms with Crippen molar-refractivity contribution in [3.05, 3.63) is 100 Å². The zero-order chi connectivity index (χ0) is 23.8. The Bertz CT molecular complexity index is 1430. The first-order chi connectivity index (χ1) is 16.4. The Morgan fingerprint density at radius 1 is 1.09 bits per heavy atom. The number of carbonyl (C=O) groups excluding carboxylic acids is 1. The maximum absolute atomic E-state index is 13.8. The molecular formula is C27H24FN3O3. The molecule has 4 aromatic rings. The number of carboxylic acid groups (broad SMARTS) is 1. The number of rotatable bonds is 5. The molecule has 0 saturated carbocycles. The van der Waals surface area contributed by atoms with Crippen LogP contribution in [0.2, 0.25) is 0 Å². The molecule has 6 nitrogen and oxygen atoms in total. The summed E-state index contributed by atoms with van der Waals surface area (Å²) >= 11 is 0. The minimum atomic E-state index is -0.973. The van der Waals surface area contributed by atoms with E-state index in [2.05, 4.69) is 9.55 Å². The highest BCUT2D eigenvalue weighted by atomic mass is 19.1. The quantitative estimate of drug-likeness (QED) is 0.483. The molecule has 0 fully saturated rings. The number of aryl methyl sites for hydroxylation is 1. The second kappa shape index (κ2) is 8.74. The van der Waals surface area contributed by atoms with Crippen molar-refractivity contribution in [2.75, 3.05) is 6.54 Å². The van der Waals surface area contributed by atoms with E-state index >= 15 is 0 Å². The maximum Gasteiger partial charge on any atom is 0.335 e. The van der Waals surface area contributed by atoms with Crippen molar-refractivity contribution in [2.24, 2.45) is 0 Å². The lowest BCUT2D eigenvalue weighted by molar-refractivity contribution is -0.131. The summed E-state index contributed by atoms with van der Waals surface area (Å²) in [4.78, 5) is 30.9. The molecule has 7 heteroatoms. The summed E-state index contributed by atoms with van der Waals surface area (Å²) in [5, 5.41) is 10.3. The maximum atomic E-state index is 13.8. The van der Waals surface area contributed by atoms with E-state index in [-0.39, 0.29) is 23.7 Å². The van der Waals surface area contributed by atoms with Gasteiger partial charge in [0.15, 0.2) is 0 Å². The first-order valence-electron chi connectivity index (χ1n) is 11.2. The molecule has 0 spiro atoms. The molecule has 0 atom stereocenters. The molecule has 0 bridgehead atoms. The van der Waals surface area contributed by atoms with E-state index < -0.39 is 5.97 Å². The number of fused-ring (bicyclic) bond motifs is 3. The highest BCUT2D eigenvalue weighted by Gasteiger charge is 2.27. The zero-order valence-electron chi connectivity index (χ0n) is 18.8. The van der Waals surface area contributed by atoms with Crippen LogP contribution in [0, 0.1) is 12.7 Å². The lowest BCUT2D eigenvalue weighted by atomic mass is 10.0. The molecule has 172 valence electrons. The van der Waals surface area contributed by atoms with Crippen molar-refractivity contribution in [2.45, 2.75) is 32.9 Å². The fraction of sp³-hybridized carbons (Fsp3) is 0.222. The summed E-state index contributed by atoms with van der Waals surface area (Å²) in [6, 6.07) is 15.5. The van der Waals surface area contributed by atoms with Crippen LogP contribution < -0.4 is 0 Å². The van der Waals surface area contributed by atoms with Crippen LogP contribution in [0.5, 0.6) is 0 Å². The summed E-state index contributed by atoms with van der Waals surface area (Å²) in [6.07, 6.45) is 2.68. The van der Waals surface area contributed by atoms with Gasteiger partial charge in [-0.1, -0.05) is 24.3 Å². The Hall–Kier alpha value is -4.00. The van der Waals surface area contributed by atoms with Crippen LogP contribution in [-0.2, 0) is 30.7 Å². The lowest BCUT2D eigenvalue weighted by Crippen LogP contribution is -2.37. The van der Waals surface area contributed by atoms with Crippen molar-refractivity contribution in [1.82, 2.24) is 14.5 Å². The largest absolute Gasteiger partial charge is 0.478 e. The molecule has 0 saturated heterocycles. The van der Waals surface area contributed by atoms with Crippen molar-refractivity contribution in [3.63, 3.8) is 0 Å². The summed E-state index contributed by atoms with van der Waals surface area (Å²) in [7, 11) is 0.